The van der Waals surface area contributed by atoms with Crippen LogP contribution in [0, 0.1) is 0 Å². The van der Waals surface area contributed by atoms with E-state index in [2.05, 4.69) is 34.2 Å². The third-order valence-corrected chi connectivity index (χ3v) is 0.922. The first-order valence-corrected chi connectivity index (χ1v) is 5.16. The smallest absolute Gasteiger partial charge is 0.401 e. The molecule has 0 spiro atoms. The van der Waals surface area contributed by atoms with E-state index in [0.29, 0.717) is 5.57 Å². The SMILES string of the molecule is C=C(C)C(=O)OCCO.C=COC(C)=O.O=C(O)Cl. The van der Waals surface area contributed by atoms with Gasteiger partial charge in [-0.25, -0.2) is 9.59 Å². The minimum absolute atomic E-state index is 0.0473. The van der Waals surface area contributed by atoms with Crippen LogP contribution in [0.15, 0.2) is 25.0 Å². The van der Waals surface area contributed by atoms with Crippen molar-refractivity contribution >= 4 is 29.0 Å². The second-order valence-electron chi connectivity index (χ2n) is 2.67. The molecule has 0 aliphatic carbocycles. The lowest BCUT2D eigenvalue weighted by Gasteiger charge is -1.99. The Morgan fingerprint density at radius 3 is 1.89 bits per heavy atom. The van der Waals surface area contributed by atoms with Gasteiger partial charge in [0.15, 0.2) is 0 Å². The second-order valence-corrected chi connectivity index (χ2v) is 2.99. The van der Waals surface area contributed by atoms with Crippen LogP contribution >= 0.6 is 11.6 Å². The molecule has 0 atom stereocenters. The van der Waals surface area contributed by atoms with Crippen LogP contribution in [-0.2, 0) is 19.1 Å². The summed E-state index contributed by atoms with van der Waals surface area (Å²) in [5.41, 5.74) is -1.01. The van der Waals surface area contributed by atoms with E-state index in [-0.39, 0.29) is 19.2 Å². The lowest BCUT2D eigenvalue weighted by molar-refractivity contribution is -0.140. The second kappa shape index (κ2) is 16.1. The lowest BCUT2D eigenvalue weighted by atomic mass is 10.4. The molecule has 19 heavy (non-hydrogen) atoms. The summed E-state index contributed by atoms with van der Waals surface area (Å²) < 4.78 is 8.63. The number of carboxylic acid groups (broad SMARTS) is 1. The maximum atomic E-state index is 10.5. The third-order valence-electron chi connectivity index (χ3n) is 0.922. The number of aliphatic hydroxyl groups is 1. The number of rotatable bonds is 4. The lowest BCUT2D eigenvalue weighted by Crippen LogP contribution is -2.08. The minimum atomic E-state index is -1.36. The van der Waals surface area contributed by atoms with E-state index in [4.69, 9.17) is 15.0 Å². The van der Waals surface area contributed by atoms with Crippen LogP contribution in [0.25, 0.3) is 0 Å². The zero-order valence-corrected chi connectivity index (χ0v) is 11.5. The van der Waals surface area contributed by atoms with Gasteiger partial charge in [0.2, 0.25) is 0 Å². The molecule has 0 radical (unpaired) electrons. The summed E-state index contributed by atoms with van der Waals surface area (Å²) in [7, 11) is 0. The van der Waals surface area contributed by atoms with Gasteiger partial charge in [-0.1, -0.05) is 13.2 Å². The number of esters is 2. The van der Waals surface area contributed by atoms with Crippen molar-refractivity contribution < 1.29 is 34.1 Å². The largest absolute Gasteiger partial charge is 0.469 e. The normalized spacial score (nSPS) is 7.58. The van der Waals surface area contributed by atoms with Gasteiger partial charge in [0, 0.05) is 24.1 Å². The summed E-state index contributed by atoms with van der Waals surface area (Å²) in [6.07, 6.45) is 1.10. The fourth-order valence-corrected chi connectivity index (χ4v) is 0.379. The van der Waals surface area contributed by atoms with Crippen molar-refractivity contribution in [2.75, 3.05) is 13.2 Å². The molecule has 0 saturated heterocycles. The Labute approximate surface area is 116 Å². The summed E-state index contributed by atoms with van der Waals surface area (Å²) in [6.45, 7) is 9.29. The fourth-order valence-electron chi connectivity index (χ4n) is 0.379. The first kappa shape index (κ1) is 22.3. The summed E-state index contributed by atoms with van der Waals surface area (Å²) >= 11 is 4.19. The van der Waals surface area contributed by atoms with Crippen LogP contribution < -0.4 is 0 Å². The zero-order chi connectivity index (χ0) is 15.8. The summed E-state index contributed by atoms with van der Waals surface area (Å²) in [6, 6.07) is 0. The van der Waals surface area contributed by atoms with Gasteiger partial charge in [-0.05, 0) is 6.92 Å². The Morgan fingerprint density at radius 2 is 1.74 bits per heavy atom. The van der Waals surface area contributed by atoms with E-state index in [9.17, 15) is 9.59 Å². The van der Waals surface area contributed by atoms with Crippen molar-refractivity contribution in [1.82, 2.24) is 0 Å². The van der Waals surface area contributed by atoms with Crippen LogP contribution in [0.2, 0.25) is 0 Å². The van der Waals surface area contributed by atoms with Crippen LogP contribution in [0.5, 0.6) is 0 Å². The summed E-state index contributed by atoms with van der Waals surface area (Å²) in [5, 5.41) is 15.4. The van der Waals surface area contributed by atoms with Gasteiger partial charge in [-0.15, -0.1) is 0 Å². The number of aliphatic hydroxyl groups excluding tert-OH is 1. The molecule has 0 unspecified atom stereocenters. The molecule has 0 aliphatic rings. The molecule has 2 N–H and O–H groups in total. The zero-order valence-electron chi connectivity index (χ0n) is 10.7. The first-order chi connectivity index (χ1) is 8.68. The van der Waals surface area contributed by atoms with E-state index in [1.165, 1.54) is 6.92 Å². The Balaban J connectivity index is -0.000000222. The van der Waals surface area contributed by atoms with Gasteiger partial charge in [0.05, 0.1) is 12.9 Å². The number of halogens is 1. The van der Waals surface area contributed by atoms with Crippen molar-refractivity contribution in [2.24, 2.45) is 0 Å². The van der Waals surface area contributed by atoms with E-state index < -0.39 is 11.4 Å². The molecule has 0 aromatic rings. The summed E-state index contributed by atoms with van der Waals surface area (Å²) in [5.74, 6) is -0.783. The van der Waals surface area contributed by atoms with Crippen molar-refractivity contribution in [3.05, 3.63) is 25.0 Å². The van der Waals surface area contributed by atoms with Gasteiger partial charge in [-0.3, -0.25) is 4.79 Å². The van der Waals surface area contributed by atoms with Gasteiger partial charge in [0.25, 0.3) is 0 Å². The highest BCUT2D eigenvalue weighted by atomic mass is 35.5. The molecule has 0 heterocycles. The van der Waals surface area contributed by atoms with E-state index in [1.807, 2.05) is 0 Å². The van der Waals surface area contributed by atoms with Gasteiger partial charge >= 0.3 is 17.4 Å². The Morgan fingerprint density at radius 1 is 1.32 bits per heavy atom. The summed E-state index contributed by atoms with van der Waals surface area (Å²) in [4.78, 5) is 29.0. The van der Waals surface area contributed by atoms with Crippen molar-refractivity contribution in [2.45, 2.75) is 13.8 Å². The third kappa shape index (κ3) is 38.6. The van der Waals surface area contributed by atoms with E-state index in [1.54, 1.807) is 6.92 Å². The predicted molar refractivity (Wildman–Crippen MR) is 68.7 cm³/mol. The van der Waals surface area contributed by atoms with Crippen molar-refractivity contribution in [1.29, 1.82) is 0 Å². The number of carbonyl (C=O) groups is 3. The van der Waals surface area contributed by atoms with Crippen LogP contribution in [0.4, 0.5) is 4.79 Å². The van der Waals surface area contributed by atoms with E-state index >= 15 is 0 Å². The predicted octanol–water partition coefficient (Wildman–Crippen LogP) is 1.69. The Kier molecular flexibility index (Phi) is 19.0. The Hall–Kier alpha value is -1.86. The molecule has 0 fully saturated rings. The fraction of sp³-hybridized carbons (Fsp3) is 0.364. The van der Waals surface area contributed by atoms with Gasteiger partial charge in [0.1, 0.15) is 6.61 Å². The number of carbonyl (C=O) groups excluding carboxylic acids is 2. The van der Waals surface area contributed by atoms with Gasteiger partial charge in [-0.2, -0.15) is 0 Å². The van der Waals surface area contributed by atoms with Gasteiger partial charge < -0.3 is 19.7 Å². The quantitative estimate of drug-likeness (QED) is 0.351. The minimum Gasteiger partial charge on any atom is -0.469 e. The number of hydrogen-bond donors (Lipinski definition) is 2. The molecular weight excluding hydrogens is 280 g/mol. The Bertz CT molecular complexity index is 308. The molecular formula is C11H17ClO7. The molecule has 7 nitrogen and oxygen atoms in total. The molecule has 0 aromatic heterocycles. The maximum Gasteiger partial charge on any atom is 0.401 e. The topological polar surface area (TPSA) is 110 Å². The molecule has 0 saturated carbocycles. The molecule has 0 bridgehead atoms. The molecule has 0 amide bonds. The highest BCUT2D eigenvalue weighted by molar-refractivity contribution is 6.60. The molecule has 0 aliphatic heterocycles. The van der Waals surface area contributed by atoms with E-state index in [0.717, 1.165) is 6.26 Å². The maximum absolute atomic E-state index is 10.5. The van der Waals surface area contributed by atoms with Crippen LogP contribution in [0.1, 0.15) is 13.8 Å². The molecule has 0 aromatic carbocycles. The number of ether oxygens (including phenoxy) is 2. The average molecular weight is 297 g/mol. The molecule has 8 heteroatoms. The average Bonchev–Trinajstić information content (AvgIpc) is 2.25. The standard InChI is InChI=1S/C6H10O3.C4H6O2.CHClO2/c1-5(2)6(8)9-4-3-7;1-3-6-4(2)5;2-1(3)4/h7H,1,3-4H2,2H3;3H,1H2,2H3;(H,3,4). The van der Waals surface area contributed by atoms with Crippen LogP contribution in [0.3, 0.4) is 0 Å². The monoisotopic (exact) mass is 296 g/mol. The number of hydrogen-bond acceptors (Lipinski definition) is 6. The molecule has 110 valence electrons. The van der Waals surface area contributed by atoms with Crippen LogP contribution in [-0.4, -0.2) is 40.8 Å². The highest BCUT2D eigenvalue weighted by Crippen LogP contribution is 1.89. The molecule has 0 rings (SSSR count). The van der Waals surface area contributed by atoms with Crippen molar-refractivity contribution in [3.8, 4) is 0 Å². The highest BCUT2D eigenvalue weighted by Gasteiger charge is 1.99. The van der Waals surface area contributed by atoms with Crippen molar-refractivity contribution in [3.63, 3.8) is 0 Å². The first-order valence-electron chi connectivity index (χ1n) is 4.79.